The summed E-state index contributed by atoms with van der Waals surface area (Å²) in [4.78, 5) is 17.8. The molecule has 3 aromatic carbocycles. The Hall–Kier alpha value is -3.20. The lowest BCUT2D eigenvalue weighted by Gasteiger charge is -2.27. The van der Waals surface area contributed by atoms with Gasteiger partial charge in [0.25, 0.3) is 0 Å². The van der Waals surface area contributed by atoms with E-state index >= 15 is 0 Å². The molecule has 2 atom stereocenters. The second kappa shape index (κ2) is 10.2. The fourth-order valence-electron chi connectivity index (χ4n) is 3.57. The predicted molar refractivity (Wildman–Crippen MR) is 128 cm³/mol. The van der Waals surface area contributed by atoms with Gasteiger partial charge in [-0.2, -0.15) is 0 Å². The molecule has 0 radical (unpaired) electrons. The van der Waals surface area contributed by atoms with Gasteiger partial charge in [0.15, 0.2) is 0 Å². The molecule has 0 aliphatic heterocycles. The van der Waals surface area contributed by atoms with E-state index in [-0.39, 0.29) is 24.3 Å². The third-order valence-electron chi connectivity index (χ3n) is 5.02. The van der Waals surface area contributed by atoms with Gasteiger partial charge in [-0.3, -0.25) is 9.79 Å². The van der Waals surface area contributed by atoms with Crippen molar-refractivity contribution < 1.29 is 9.53 Å². The minimum absolute atomic E-state index is 0.139. The molecular formula is C28H31NO2. The number of ether oxygens (including phenoxy) is 1. The molecule has 0 spiro atoms. The van der Waals surface area contributed by atoms with Gasteiger partial charge in [0.05, 0.1) is 12.5 Å². The Balaban J connectivity index is 1.99. The summed E-state index contributed by atoms with van der Waals surface area (Å²) in [6.07, 6.45) is 2.16. The van der Waals surface area contributed by atoms with Gasteiger partial charge in [0.2, 0.25) is 0 Å². The highest BCUT2D eigenvalue weighted by Crippen LogP contribution is 2.37. The number of carbonyl (C=O) groups excluding carboxylic acids is 1. The molecule has 0 fully saturated rings. The molecule has 0 N–H and O–H groups in total. The van der Waals surface area contributed by atoms with Crippen molar-refractivity contribution in [1.29, 1.82) is 0 Å². The van der Waals surface area contributed by atoms with E-state index in [9.17, 15) is 4.79 Å². The molecule has 0 amide bonds. The molecular weight excluding hydrogens is 382 g/mol. The third-order valence-corrected chi connectivity index (χ3v) is 5.02. The van der Waals surface area contributed by atoms with Crippen LogP contribution >= 0.6 is 0 Å². The van der Waals surface area contributed by atoms with Crippen molar-refractivity contribution in [3.63, 3.8) is 0 Å². The number of aryl methyl sites for hydroxylation is 1. The predicted octanol–water partition coefficient (Wildman–Crippen LogP) is 6.67. The average molecular weight is 414 g/mol. The highest BCUT2D eigenvalue weighted by atomic mass is 16.6. The Bertz CT molecular complexity index is 987. The van der Waals surface area contributed by atoms with Crippen LogP contribution in [0.5, 0.6) is 0 Å². The molecule has 0 unspecified atom stereocenters. The Labute approximate surface area is 185 Å². The van der Waals surface area contributed by atoms with Crippen molar-refractivity contribution in [3.05, 3.63) is 107 Å². The summed E-state index contributed by atoms with van der Waals surface area (Å²) in [6.45, 7) is 7.76. The molecule has 0 saturated heterocycles. The van der Waals surface area contributed by atoms with Crippen molar-refractivity contribution in [3.8, 4) is 0 Å². The molecule has 3 rings (SSSR count). The van der Waals surface area contributed by atoms with Gasteiger partial charge in [-0.15, -0.1) is 0 Å². The van der Waals surface area contributed by atoms with Gasteiger partial charge in [-0.05, 0) is 44.4 Å². The number of rotatable bonds is 7. The number of hydrogen-bond acceptors (Lipinski definition) is 3. The van der Waals surface area contributed by atoms with Crippen LogP contribution in [0.3, 0.4) is 0 Å². The number of hydrogen-bond donors (Lipinski definition) is 0. The molecule has 31 heavy (non-hydrogen) atoms. The van der Waals surface area contributed by atoms with Crippen LogP contribution in [0.2, 0.25) is 0 Å². The van der Waals surface area contributed by atoms with Crippen LogP contribution in [-0.2, 0) is 9.53 Å². The number of esters is 1. The van der Waals surface area contributed by atoms with Crippen molar-refractivity contribution >= 4 is 12.2 Å². The van der Waals surface area contributed by atoms with E-state index in [1.807, 2.05) is 63.4 Å². The zero-order chi connectivity index (χ0) is 22.3. The van der Waals surface area contributed by atoms with Crippen molar-refractivity contribution in [2.45, 2.75) is 51.7 Å². The second-order valence-corrected chi connectivity index (χ2v) is 8.85. The lowest BCUT2D eigenvalue weighted by molar-refractivity contribution is -0.155. The Kier molecular flexibility index (Phi) is 7.41. The summed E-state index contributed by atoms with van der Waals surface area (Å²) in [5.41, 5.74) is 3.87. The van der Waals surface area contributed by atoms with E-state index in [1.54, 1.807) is 0 Å². The lowest BCUT2D eigenvalue weighted by Crippen LogP contribution is -2.26. The van der Waals surface area contributed by atoms with E-state index in [4.69, 9.17) is 9.73 Å². The van der Waals surface area contributed by atoms with E-state index in [0.717, 1.165) is 16.7 Å². The normalized spacial score (nSPS) is 13.7. The summed E-state index contributed by atoms with van der Waals surface area (Å²) in [5, 5.41) is 0. The maximum absolute atomic E-state index is 12.8. The van der Waals surface area contributed by atoms with Crippen molar-refractivity contribution in [2.24, 2.45) is 4.99 Å². The number of aliphatic imine (C=N–C) groups is 1. The smallest absolute Gasteiger partial charge is 0.307 e. The second-order valence-electron chi connectivity index (χ2n) is 8.85. The quantitative estimate of drug-likeness (QED) is 0.320. The van der Waals surface area contributed by atoms with E-state index in [1.165, 1.54) is 5.56 Å². The van der Waals surface area contributed by atoms with Crippen LogP contribution in [0.15, 0.2) is 89.9 Å². The summed E-state index contributed by atoms with van der Waals surface area (Å²) in [6, 6.07) is 28.4. The molecule has 0 bridgehead atoms. The largest absolute Gasteiger partial charge is 0.460 e. The Morgan fingerprint density at radius 2 is 1.42 bits per heavy atom. The minimum Gasteiger partial charge on any atom is -0.460 e. The summed E-state index contributed by atoms with van der Waals surface area (Å²) in [5.74, 6) is -0.354. The molecule has 0 aliphatic rings. The van der Waals surface area contributed by atoms with Gasteiger partial charge >= 0.3 is 5.97 Å². The molecule has 160 valence electrons. The van der Waals surface area contributed by atoms with Crippen LogP contribution in [0, 0.1) is 6.92 Å². The number of benzene rings is 3. The topological polar surface area (TPSA) is 38.7 Å². The SMILES string of the molecule is Cc1ccc(C=N[C@@H](c2ccccc2)[C@H](CC(=O)OC(C)(C)C)c2ccccc2)cc1. The molecule has 3 heteroatoms. The molecule has 3 nitrogen and oxygen atoms in total. The van der Waals surface area contributed by atoms with Crippen LogP contribution in [0.4, 0.5) is 0 Å². The first kappa shape index (κ1) is 22.5. The van der Waals surface area contributed by atoms with Gasteiger partial charge in [0, 0.05) is 12.1 Å². The molecule has 3 aromatic rings. The minimum atomic E-state index is -0.522. The Morgan fingerprint density at radius 3 is 1.97 bits per heavy atom. The molecule has 0 heterocycles. The first-order chi connectivity index (χ1) is 14.8. The van der Waals surface area contributed by atoms with Crippen LogP contribution in [0.1, 0.15) is 61.4 Å². The maximum Gasteiger partial charge on any atom is 0.307 e. The van der Waals surface area contributed by atoms with E-state index < -0.39 is 5.60 Å². The standard InChI is InChI=1S/C28H31NO2/c1-21-15-17-22(18-16-21)20-29-27(24-13-9-6-10-14-24)25(23-11-7-5-8-12-23)19-26(30)31-28(2,3)4/h5-18,20,25,27H,19H2,1-4H3/t25-,27+/m1/s1. The lowest BCUT2D eigenvalue weighted by atomic mass is 9.85. The van der Waals surface area contributed by atoms with Gasteiger partial charge in [0.1, 0.15) is 5.60 Å². The average Bonchev–Trinajstić information content (AvgIpc) is 2.74. The monoisotopic (exact) mass is 413 g/mol. The van der Waals surface area contributed by atoms with Gasteiger partial charge in [-0.1, -0.05) is 90.5 Å². The first-order valence-corrected chi connectivity index (χ1v) is 10.7. The summed E-state index contributed by atoms with van der Waals surface area (Å²) >= 11 is 0. The van der Waals surface area contributed by atoms with E-state index in [2.05, 4.69) is 55.5 Å². The van der Waals surface area contributed by atoms with E-state index in [0.29, 0.717) is 0 Å². The third kappa shape index (κ3) is 6.92. The van der Waals surface area contributed by atoms with Crippen molar-refractivity contribution in [2.75, 3.05) is 0 Å². The Morgan fingerprint density at radius 1 is 0.871 bits per heavy atom. The van der Waals surface area contributed by atoms with Crippen molar-refractivity contribution in [1.82, 2.24) is 0 Å². The first-order valence-electron chi connectivity index (χ1n) is 10.7. The number of carbonyl (C=O) groups is 1. The number of nitrogens with zero attached hydrogens (tertiary/aromatic N) is 1. The molecule has 0 aromatic heterocycles. The van der Waals surface area contributed by atoms with Gasteiger partial charge in [-0.25, -0.2) is 0 Å². The fraction of sp³-hybridized carbons (Fsp3) is 0.286. The zero-order valence-electron chi connectivity index (χ0n) is 18.8. The van der Waals surface area contributed by atoms with Crippen LogP contribution in [0.25, 0.3) is 0 Å². The van der Waals surface area contributed by atoms with Gasteiger partial charge < -0.3 is 4.74 Å². The summed E-state index contributed by atoms with van der Waals surface area (Å²) in [7, 11) is 0. The fourth-order valence-corrected chi connectivity index (χ4v) is 3.57. The highest BCUT2D eigenvalue weighted by molar-refractivity contribution is 5.80. The maximum atomic E-state index is 12.8. The molecule has 0 saturated carbocycles. The molecule has 0 aliphatic carbocycles. The highest BCUT2D eigenvalue weighted by Gasteiger charge is 2.29. The van der Waals surface area contributed by atoms with Crippen LogP contribution < -0.4 is 0 Å². The summed E-state index contributed by atoms with van der Waals surface area (Å²) < 4.78 is 5.66. The van der Waals surface area contributed by atoms with Crippen LogP contribution in [-0.4, -0.2) is 17.8 Å². The zero-order valence-corrected chi connectivity index (χ0v) is 18.8.